The van der Waals surface area contributed by atoms with Crippen molar-refractivity contribution in [2.45, 2.75) is 65.5 Å². The van der Waals surface area contributed by atoms with Crippen LogP contribution >= 0.6 is 0 Å². The number of nitrogens with zero attached hydrogens (tertiary/aromatic N) is 2. The van der Waals surface area contributed by atoms with Crippen LogP contribution in [0.1, 0.15) is 59.1 Å². The van der Waals surface area contributed by atoms with Crippen molar-refractivity contribution in [1.82, 2.24) is 10.3 Å². The Morgan fingerprint density at radius 2 is 2.05 bits per heavy atom. The third-order valence-corrected chi connectivity index (χ3v) is 4.34. The van der Waals surface area contributed by atoms with Crippen LogP contribution in [0.25, 0.3) is 0 Å². The van der Waals surface area contributed by atoms with E-state index in [1.54, 1.807) is 0 Å². The highest BCUT2D eigenvalue weighted by atomic mass is 15.2. The Hall–Kier alpha value is -1.09. The van der Waals surface area contributed by atoms with Gasteiger partial charge in [-0.1, -0.05) is 19.4 Å². The largest absolute Gasteiger partial charge is 0.357 e. The Morgan fingerprint density at radius 1 is 1.24 bits per heavy atom. The molecule has 0 aromatic carbocycles. The zero-order chi connectivity index (χ0) is 15.3. The molecule has 118 valence electrons. The van der Waals surface area contributed by atoms with Gasteiger partial charge in [0.1, 0.15) is 5.82 Å². The average molecular weight is 289 g/mol. The van der Waals surface area contributed by atoms with Gasteiger partial charge in [0.05, 0.1) is 5.69 Å². The molecule has 21 heavy (non-hydrogen) atoms. The summed E-state index contributed by atoms with van der Waals surface area (Å²) in [6.45, 7) is 12.0. The highest BCUT2D eigenvalue weighted by Gasteiger charge is 2.17. The fourth-order valence-electron chi connectivity index (χ4n) is 2.90. The molecule has 1 fully saturated rings. The number of nitrogens with one attached hydrogen (secondary N) is 1. The smallest absolute Gasteiger partial charge is 0.128 e. The van der Waals surface area contributed by atoms with E-state index in [1.165, 1.54) is 25.7 Å². The zero-order valence-electron chi connectivity index (χ0n) is 14.2. The monoisotopic (exact) mass is 289 g/mol. The fraction of sp³-hybridized carbons (Fsp3) is 0.722. The summed E-state index contributed by atoms with van der Waals surface area (Å²) < 4.78 is 0. The normalized spacial score (nSPS) is 20.4. The van der Waals surface area contributed by atoms with Crippen molar-refractivity contribution < 1.29 is 0 Å². The second-order valence-corrected chi connectivity index (χ2v) is 7.28. The van der Waals surface area contributed by atoms with Gasteiger partial charge in [0.15, 0.2) is 0 Å². The number of pyridine rings is 1. The Morgan fingerprint density at radius 3 is 2.76 bits per heavy atom. The van der Waals surface area contributed by atoms with Crippen molar-refractivity contribution in [3.05, 3.63) is 23.9 Å². The van der Waals surface area contributed by atoms with E-state index in [2.05, 4.69) is 56.1 Å². The Balaban J connectivity index is 1.99. The van der Waals surface area contributed by atoms with Gasteiger partial charge in [-0.15, -0.1) is 0 Å². The molecule has 2 heterocycles. The van der Waals surface area contributed by atoms with E-state index in [9.17, 15) is 0 Å². The van der Waals surface area contributed by atoms with Gasteiger partial charge in [-0.3, -0.25) is 0 Å². The zero-order valence-corrected chi connectivity index (χ0v) is 14.2. The maximum Gasteiger partial charge on any atom is 0.128 e. The van der Waals surface area contributed by atoms with Gasteiger partial charge in [-0.2, -0.15) is 0 Å². The van der Waals surface area contributed by atoms with E-state index in [4.69, 9.17) is 4.98 Å². The van der Waals surface area contributed by atoms with E-state index < -0.39 is 0 Å². The van der Waals surface area contributed by atoms with Gasteiger partial charge < -0.3 is 10.2 Å². The fourth-order valence-corrected chi connectivity index (χ4v) is 2.90. The molecule has 2 rings (SSSR count). The first kappa shape index (κ1) is 16.3. The topological polar surface area (TPSA) is 28.2 Å². The second kappa shape index (κ2) is 7.26. The lowest BCUT2D eigenvalue weighted by atomic mass is 9.98. The van der Waals surface area contributed by atoms with Gasteiger partial charge in [-0.25, -0.2) is 4.98 Å². The van der Waals surface area contributed by atoms with Crippen LogP contribution in [0, 0.1) is 5.92 Å². The van der Waals surface area contributed by atoms with E-state index >= 15 is 0 Å². The van der Waals surface area contributed by atoms with Crippen LogP contribution in [0.4, 0.5) is 5.82 Å². The Labute approximate surface area is 130 Å². The van der Waals surface area contributed by atoms with Gasteiger partial charge in [-0.05, 0) is 58.1 Å². The minimum absolute atomic E-state index is 0.134. The minimum atomic E-state index is 0.134. The molecule has 0 radical (unpaired) electrons. The van der Waals surface area contributed by atoms with E-state index in [0.29, 0.717) is 0 Å². The summed E-state index contributed by atoms with van der Waals surface area (Å²) in [4.78, 5) is 7.32. The van der Waals surface area contributed by atoms with Gasteiger partial charge >= 0.3 is 0 Å². The van der Waals surface area contributed by atoms with Crippen molar-refractivity contribution >= 4 is 5.82 Å². The molecule has 3 nitrogen and oxygen atoms in total. The number of aromatic nitrogens is 1. The van der Waals surface area contributed by atoms with Crippen LogP contribution in [0.3, 0.4) is 0 Å². The highest BCUT2D eigenvalue weighted by Crippen LogP contribution is 2.23. The first-order valence-electron chi connectivity index (χ1n) is 8.44. The summed E-state index contributed by atoms with van der Waals surface area (Å²) in [6.07, 6.45) is 5.29. The van der Waals surface area contributed by atoms with Crippen LogP contribution in [0.2, 0.25) is 0 Å². The molecular formula is C18H31N3. The predicted molar refractivity (Wildman–Crippen MR) is 90.7 cm³/mol. The molecule has 1 aromatic heterocycles. The van der Waals surface area contributed by atoms with Crippen molar-refractivity contribution in [3.8, 4) is 0 Å². The average Bonchev–Trinajstić information content (AvgIpc) is 2.70. The molecule has 1 saturated heterocycles. The quantitative estimate of drug-likeness (QED) is 0.908. The molecule has 1 aliphatic rings. The van der Waals surface area contributed by atoms with Crippen LogP contribution in [0.5, 0.6) is 0 Å². The molecule has 1 unspecified atom stereocenters. The Bertz CT molecular complexity index is 436. The molecule has 0 amide bonds. The summed E-state index contributed by atoms with van der Waals surface area (Å²) in [5.74, 6) is 2.06. The van der Waals surface area contributed by atoms with Crippen LogP contribution in [0.15, 0.2) is 18.2 Å². The van der Waals surface area contributed by atoms with E-state index in [-0.39, 0.29) is 5.54 Å². The maximum absolute atomic E-state index is 4.86. The first-order chi connectivity index (χ1) is 9.98. The molecule has 1 N–H and O–H groups in total. The van der Waals surface area contributed by atoms with Crippen LogP contribution in [-0.4, -0.2) is 23.6 Å². The van der Waals surface area contributed by atoms with Crippen molar-refractivity contribution in [1.29, 1.82) is 0 Å². The minimum Gasteiger partial charge on any atom is -0.357 e. The van der Waals surface area contributed by atoms with Gasteiger partial charge in [0.25, 0.3) is 0 Å². The Kier molecular flexibility index (Phi) is 5.63. The molecule has 0 aliphatic carbocycles. The molecular weight excluding hydrogens is 258 g/mol. The number of rotatable bonds is 4. The first-order valence-corrected chi connectivity index (χ1v) is 8.44. The maximum atomic E-state index is 4.86. The molecule has 0 spiro atoms. The summed E-state index contributed by atoms with van der Waals surface area (Å²) in [5, 5.41) is 3.52. The highest BCUT2D eigenvalue weighted by molar-refractivity contribution is 5.39. The molecule has 1 atom stereocenters. The number of hydrogen-bond acceptors (Lipinski definition) is 3. The van der Waals surface area contributed by atoms with Crippen molar-refractivity contribution in [3.63, 3.8) is 0 Å². The lowest BCUT2D eigenvalue weighted by molar-refractivity contribution is 0.421. The van der Waals surface area contributed by atoms with Crippen molar-refractivity contribution in [2.24, 2.45) is 5.92 Å². The summed E-state index contributed by atoms with van der Waals surface area (Å²) >= 11 is 0. The molecule has 0 bridgehead atoms. The van der Waals surface area contributed by atoms with Gasteiger partial charge in [0.2, 0.25) is 0 Å². The third-order valence-electron chi connectivity index (χ3n) is 4.34. The SMILES string of the molecule is CCC1CCCN(c2cccc(CNC(C)(C)C)n2)CC1. The molecule has 1 aliphatic heterocycles. The predicted octanol–water partition coefficient (Wildman–Crippen LogP) is 3.99. The summed E-state index contributed by atoms with van der Waals surface area (Å²) in [7, 11) is 0. The van der Waals surface area contributed by atoms with Crippen molar-refractivity contribution in [2.75, 3.05) is 18.0 Å². The summed E-state index contributed by atoms with van der Waals surface area (Å²) in [6, 6.07) is 6.42. The molecule has 0 saturated carbocycles. The van der Waals surface area contributed by atoms with Crippen LogP contribution < -0.4 is 10.2 Å². The third kappa shape index (κ3) is 5.31. The number of anilines is 1. The van der Waals surface area contributed by atoms with Gasteiger partial charge in [0, 0.05) is 25.2 Å². The lowest BCUT2D eigenvalue weighted by Crippen LogP contribution is -2.35. The van der Waals surface area contributed by atoms with Crippen LogP contribution in [-0.2, 0) is 6.54 Å². The lowest BCUT2D eigenvalue weighted by Gasteiger charge is -2.23. The molecule has 1 aromatic rings. The standard InChI is InChI=1S/C18H31N3/c1-5-15-8-7-12-21(13-11-15)17-10-6-9-16(20-17)14-19-18(2,3)4/h6,9-10,15,19H,5,7-8,11-14H2,1-4H3. The van der Waals surface area contributed by atoms with E-state index in [1.807, 2.05) is 0 Å². The summed E-state index contributed by atoms with van der Waals surface area (Å²) in [5.41, 5.74) is 1.27. The van der Waals surface area contributed by atoms with E-state index in [0.717, 1.165) is 37.1 Å². The second-order valence-electron chi connectivity index (χ2n) is 7.28. The molecule has 3 heteroatoms. The number of hydrogen-bond donors (Lipinski definition) is 1.